The maximum absolute atomic E-state index is 11.4. The van der Waals surface area contributed by atoms with Crippen LogP contribution in [0.15, 0.2) is 12.1 Å². The predicted molar refractivity (Wildman–Crippen MR) is 77.6 cm³/mol. The molecule has 0 saturated heterocycles. The van der Waals surface area contributed by atoms with Crippen LogP contribution >= 0.6 is 0 Å². The predicted octanol–water partition coefficient (Wildman–Crippen LogP) is 2.53. The average Bonchev–Trinajstić information content (AvgIpc) is 2.35. The third-order valence-corrected chi connectivity index (χ3v) is 4.17. The molecule has 1 atom stereocenters. The Kier molecular flexibility index (Phi) is 3.40. The number of rotatable bonds is 4. The summed E-state index contributed by atoms with van der Waals surface area (Å²) in [4.78, 5) is 22.1. The van der Waals surface area contributed by atoms with E-state index < -0.39 is 4.92 Å². The Balaban J connectivity index is 1.91. The fraction of sp³-hybridized carbons (Fsp3) is 0.500. The first kappa shape index (κ1) is 13.7. The molecule has 0 radical (unpaired) electrons. The van der Waals surface area contributed by atoms with Crippen molar-refractivity contribution < 1.29 is 14.5 Å². The second-order valence-corrected chi connectivity index (χ2v) is 5.58. The molecule has 0 bridgehead atoms. The third-order valence-electron chi connectivity index (χ3n) is 4.17. The van der Waals surface area contributed by atoms with Crippen molar-refractivity contribution in [1.29, 1.82) is 0 Å². The molecule has 2 aliphatic rings. The Labute approximate surface area is 121 Å². The van der Waals surface area contributed by atoms with Crippen LogP contribution in [-0.4, -0.2) is 23.5 Å². The van der Waals surface area contributed by atoms with E-state index in [1.54, 1.807) is 6.07 Å². The average molecular weight is 291 g/mol. The van der Waals surface area contributed by atoms with Gasteiger partial charge in [0.25, 0.3) is 11.6 Å². The standard InChI is InChI=1S/C14H17N3O4/c1-8(9-3-2-4-9)15-10-5-11-13(6-12(10)17(19)20)21-7-14(18)16-11/h5-6,8-9,15H,2-4,7H2,1H3,(H,16,18). The minimum absolute atomic E-state index is 0.0314. The summed E-state index contributed by atoms with van der Waals surface area (Å²) in [5.41, 5.74) is 0.861. The molecule has 7 heteroatoms. The van der Waals surface area contributed by atoms with Gasteiger partial charge in [-0.05, 0) is 31.7 Å². The molecule has 0 spiro atoms. The number of amides is 1. The van der Waals surface area contributed by atoms with Gasteiger partial charge in [0.15, 0.2) is 12.4 Å². The number of nitro groups is 1. The monoisotopic (exact) mass is 291 g/mol. The van der Waals surface area contributed by atoms with E-state index in [1.807, 2.05) is 6.92 Å². The van der Waals surface area contributed by atoms with E-state index in [0.717, 1.165) is 12.8 Å². The second-order valence-electron chi connectivity index (χ2n) is 5.58. The number of nitro benzene ring substituents is 1. The van der Waals surface area contributed by atoms with Gasteiger partial charge in [-0.3, -0.25) is 14.9 Å². The Morgan fingerprint density at radius 1 is 1.48 bits per heavy atom. The van der Waals surface area contributed by atoms with Crippen molar-refractivity contribution in [3.05, 3.63) is 22.2 Å². The molecular formula is C14H17N3O4. The van der Waals surface area contributed by atoms with Crippen molar-refractivity contribution >= 4 is 23.0 Å². The van der Waals surface area contributed by atoms with Gasteiger partial charge in [0.05, 0.1) is 16.7 Å². The highest BCUT2D eigenvalue weighted by Gasteiger charge is 2.28. The number of carbonyl (C=O) groups is 1. The molecule has 1 heterocycles. The molecule has 3 rings (SSSR count). The lowest BCUT2D eigenvalue weighted by atomic mass is 9.80. The van der Waals surface area contributed by atoms with E-state index in [-0.39, 0.29) is 24.2 Å². The Morgan fingerprint density at radius 3 is 2.86 bits per heavy atom. The van der Waals surface area contributed by atoms with Gasteiger partial charge in [0, 0.05) is 6.04 Å². The van der Waals surface area contributed by atoms with Gasteiger partial charge in [-0.1, -0.05) is 6.42 Å². The molecule has 0 aromatic heterocycles. The van der Waals surface area contributed by atoms with E-state index in [1.165, 1.54) is 12.5 Å². The quantitative estimate of drug-likeness (QED) is 0.656. The molecule has 1 aliphatic carbocycles. The summed E-state index contributed by atoms with van der Waals surface area (Å²) in [6, 6.07) is 3.11. The second kappa shape index (κ2) is 5.23. The highest BCUT2D eigenvalue weighted by atomic mass is 16.6. The van der Waals surface area contributed by atoms with Crippen molar-refractivity contribution in [2.45, 2.75) is 32.2 Å². The first-order chi connectivity index (χ1) is 10.0. The number of hydrogen-bond donors (Lipinski definition) is 2. The zero-order valence-corrected chi connectivity index (χ0v) is 11.7. The molecule has 1 fully saturated rings. The number of anilines is 2. The summed E-state index contributed by atoms with van der Waals surface area (Å²) in [6.07, 6.45) is 3.51. The first-order valence-corrected chi connectivity index (χ1v) is 7.06. The minimum atomic E-state index is -0.435. The van der Waals surface area contributed by atoms with Crippen LogP contribution in [0, 0.1) is 16.0 Å². The van der Waals surface area contributed by atoms with Gasteiger partial charge in [-0.25, -0.2) is 0 Å². The normalized spacial score (nSPS) is 18.8. The summed E-state index contributed by atoms with van der Waals surface area (Å²) in [5.74, 6) is 0.629. The molecule has 7 nitrogen and oxygen atoms in total. The number of hydrogen-bond acceptors (Lipinski definition) is 5. The SMILES string of the molecule is CC(Nc1cc2c(cc1[N+](=O)[O-])OCC(=O)N2)C1CCC1. The number of carbonyl (C=O) groups excluding carboxylic acids is 1. The van der Waals surface area contributed by atoms with Crippen LogP contribution in [0.25, 0.3) is 0 Å². The Morgan fingerprint density at radius 2 is 2.24 bits per heavy atom. The van der Waals surface area contributed by atoms with E-state index in [4.69, 9.17) is 4.74 Å². The van der Waals surface area contributed by atoms with Crippen molar-refractivity contribution in [3.8, 4) is 5.75 Å². The van der Waals surface area contributed by atoms with Crippen LogP contribution < -0.4 is 15.4 Å². The number of ether oxygens (including phenoxy) is 1. The summed E-state index contributed by atoms with van der Waals surface area (Å²) < 4.78 is 5.22. The van der Waals surface area contributed by atoms with Crippen molar-refractivity contribution in [2.75, 3.05) is 17.2 Å². The topological polar surface area (TPSA) is 93.5 Å². The molecule has 1 amide bonds. The van der Waals surface area contributed by atoms with Gasteiger partial charge in [0.2, 0.25) is 0 Å². The largest absolute Gasteiger partial charge is 0.481 e. The lowest BCUT2D eigenvalue weighted by Gasteiger charge is -2.32. The molecule has 1 saturated carbocycles. The summed E-state index contributed by atoms with van der Waals surface area (Å²) in [5, 5.41) is 17.1. The lowest BCUT2D eigenvalue weighted by Crippen LogP contribution is -2.31. The van der Waals surface area contributed by atoms with Gasteiger partial charge in [0.1, 0.15) is 5.69 Å². The maximum atomic E-state index is 11.4. The Bertz CT molecular complexity index is 598. The molecule has 1 unspecified atom stereocenters. The summed E-state index contributed by atoms with van der Waals surface area (Å²) >= 11 is 0. The first-order valence-electron chi connectivity index (χ1n) is 7.06. The van der Waals surface area contributed by atoms with Crippen LogP contribution in [0.3, 0.4) is 0 Å². The van der Waals surface area contributed by atoms with Crippen LogP contribution in [0.5, 0.6) is 5.75 Å². The third kappa shape index (κ3) is 2.63. The molecule has 112 valence electrons. The maximum Gasteiger partial charge on any atom is 0.296 e. The zero-order valence-electron chi connectivity index (χ0n) is 11.7. The van der Waals surface area contributed by atoms with E-state index in [9.17, 15) is 14.9 Å². The lowest BCUT2D eigenvalue weighted by molar-refractivity contribution is -0.384. The van der Waals surface area contributed by atoms with Gasteiger partial charge in [-0.15, -0.1) is 0 Å². The number of nitrogens with one attached hydrogen (secondary N) is 2. The van der Waals surface area contributed by atoms with Gasteiger partial charge < -0.3 is 15.4 Å². The molecule has 21 heavy (non-hydrogen) atoms. The zero-order chi connectivity index (χ0) is 15.0. The van der Waals surface area contributed by atoms with Crippen LogP contribution in [0.4, 0.5) is 17.1 Å². The van der Waals surface area contributed by atoms with E-state index in [2.05, 4.69) is 10.6 Å². The van der Waals surface area contributed by atoms with Crippen molar-refractivity contribution in [3.63, 3.8) is 0 Å². The van der Waals surface area contributed by atoms with E-state index >= 15 is 0 Å². The smallest absolute Gasteiger partial charge is 0.296 e. The fourth-order valence-electron chi connectivity index (χ4n) is 2.69. The molecule has 1 aromatic rings. The van der Waals surface area contributed by atoms with Crippen molar-refractivity contribution in [2.24, 2.45) is 5.92 Å². The van der Waals surface area contributed by atoms with Gasteiger partial charge >= 0.3 is 0 Å². The Hall–Kier alpha value is -2.31. The highest BCUT2D eigenvalue weighted by molar-refractivity contribution is 5.96. The van der Waals surface area contributed by atoms with Crippen LogP contribution in [0.1, 0.15) is 26.2 Å². The molecule has 1 aromatic carbocycles. The highest BCUT2D eigenvalue weighted by Crippen LogP contribution is 2.39. The molecule has 2 N–H and O–H groups in total. The number of benzene rings is 1. The van der Waals surface area contributed by atoms with E-state index in [0.29, 0.717) is 23.0 Å². The van der Waals surface area contributed by atoms with Crippen molar-refractivity contribution in [1.82, 2.24) is 0 Å². The number of fused-ring (bicyclic) bond motifs is 1. The minimum Gasteiger partial charge on any atom is -0.481 e. The van der Waals surface area contributed by atoms with Crippen LogP contribution in [-0.2, 0) is 4.79 Å². The summed E-state index contributed by atoms with van der Waals surface area (Å²) in [6.45, 7) is 1.91. The molecular weight excluding hydrogens is 274 g/mol. The summed E-state index contributed by atoms with van der Waals surface area (Å²) in [7, 11) is 0. The number of nitrogens with zero attached hydrogens (tertiary/aromatic N) is 1. The fourth-order valence-corrected chi connectivity index (χ4v) is 2.69. The van der Waals surface area contributed by atoms with Gasteiger partial charge in [-0.2, -0.15) is 0 Å². The van der Waals surface area contributed by atoms with Crippen LogP contribution in [0.2, 0.25) is 0 Å². The molecule has 1 aliphatic heterocycles.